The fourth-order valence-corrected chi connectivity index (χ4v) is 5.92. The van der Waals surface area contributed by atoms with Crippen molar-refractivity contribution in [1.82, 2.24) is 14.5 Å². The average molecular weight is 629 g/mol. The summed E-state index contributed by atoms with van der Waals surface area (Å²) in [5.41, 5.74) is 0.700. The van der Waals surface area contributed by atoms with Gasteiger partial charge in [0.15, 0.2) is 0 Å². The van der Waals surface area contributed by atoms with Crippen LogP contribution in [0.4, 0.5) is 11.5 Å². The Bertz CT molecular complexity index is 1570. The maximum Gasteiger partial charge on any atom is 0.326 e. The first-order valence-electron chi connectivity index (χ1n) is 14.3. The predicted molar refractivity (Wildman–Crippen MR) is 160 cm³/mol. The van der Waals surface area contributed by atoms with Crippen molar-refractivity contribution in [3.8, 4) is 5.75 Å². The van der Waals surface area contributed by atoms with Crippen molar-refractivity contribution in [2.75, 3.05) is 11.9 Å². The normalized spacial score (nSPS) is 17.3. The second kappa shape index (κ2) is 14.4. The fraction of sp³-hybridized carbons (Fsp3) is 0.400. The molecule has 4 N–H and O–H groups in total. The summed E-state index contributed by atoms with van der Waals surface area (Å²) < 4.78 is 40.8. The number of amides is 1. The van der Waals surface area contributed by atoms with Gasteiger partial charge in [0, 0.05) is 12.6 Å². The Kier molecular flexibility index (Phi) is 10.6. The Labute approximate surface area is 255 Å². The number of nitrogens with one attached hydrogen (secondary N) is 1. The van der Waals surface area contributed by atoms with Gasteiger partial charge in [-0.05, 0) is 36.2 Å². The number of carbonyl (C=O) groups excluding carboxylic acids is 1. The third-order valence-electron chi connectivity index (χ3n) is 7.42. The smallest absolute Gasteiger partial charge is 0.326 e. The fourth-order valence-electron chi connectivity index (χ4n) is 5.27. The third-order valence-corrected chi connectivity index (χ3v) is 8.33. The number of aliphatic carboxylic acids is 2. The number of anilines is 2. The van der Waals surface area contributed by atoms with Crippen LogP contribution in [0.1, 0.15) is 57.1 Å². The van der Waals surface area contributed by atoms with E-state index < -0.39 is 46.2 Å². The number of nitrogens with zero attached hydrogens (tertiary/aromatic N) is 3. The van der Waals surface area contributed by atoms with E-state index in [-0.39, 0.29) is 35.8 Å². The highest BCUT2D eigenvalue weighted by molar-refractivity contribution is 7.86. The van der Waals surface area contributed by atoms with Crippen LogP contribution in [-0.4, -0.2) is 74.2 Å². The maximum atomic E-state index is 14.0. The van der Waals surface area contributed by atoms with E-state index in [1.165, 1.54) is 29.4 Å². The molecule has 1 amide bonds. The molecule has 2 aromatic carbocycles. The molecule has 1 aliphatic rings. The van der Waals surface area contributed by atoms with Crippen LogP contribution in [0.25, 0.3) is 0 Å². The van der Waals surface area contributed by atoms with Crippen molar-refractivity contribution in [1.29, 1.82) is 0 Å². The number of carboxylic acid groups (broad SMARTS) is 2. The molecule has 14 heteroatoms. The first kappa shape index (κ1) is 32.5. The summed E-state index contributed by atoms with van der Waals surface area (Å²) >= 11 is 0. The van der Waals surface area contributed by atoms with E-state index in [0.717, 1.165) is 19.3 Å². The van der Waals surface area contributed by atoms with Crippen LogP contribution in [-0.2, 0) is 30.9 Å². The molecule has 0 aliphatic carbocycles. The summed E-state index contributed by atoms with van der Waals surface area (Å²) in [6.07, 6.45) is 6.31. The minimum absolute atomic E-state index is 0.0413. The second-order valence-corrected chi connectivity index (χ2v) is 12.1. The number of aromatic nitrogens is 2. The number of likely N-dealkylation sites (tertiary alicyclic amines) is 1. The van der Waals surface area contributed by atoms with Gasteiger partial charge in [0.25, 0.3) is 10.1 Å². The van der Waals surface area contributed by atoms with E-state index in [1.54, 1.807) is 41.1 Å². The summed E-state index contributed by atoms with van der Waals surface area (Å²) in [5, 5.41) is 21.8. The van der Waals surface area contributed by atoms with Gasteiger partial charge in [-0.15, -0.1) is 0 Å². The van der Waals surface area contributed by atoms with E-state index in [9.17, 15) is 32.5 Å². The first-order chi connectivity index (χ1) is 21.0. The molecule has 3 aromatic rings. The zero-order valence-corrected chi connectivity index (χ0v) is 25.0. The predicted octanol–water partition coefficient (Wildman–Crippen LogP) is 4.15. The van der Waals surface area contributed by atoms with Gasteiger partial charge in [-0.25, -0.2) is 9.78 Å². The molecular formula is C30H36N4O9S. The molecule has 0 radical (unpaired) electrons. The topological polar surface area (TPSA) is 188 Å². The molecule has 0 bridgehead atoms. The number of para-hydroxylation sites is 1. The number of rotatable bonds is 15. The van der Waals surface area contributed by atoms with Gasteiger partial charge in [-0.2, -0.15) is 8.42 Å². The second-order valence-electron chi connectivity index (χ2n) is 10.7. The number of carbonyl (C=O) groups is 3. The highest BCUT2D eigenvalue weighted by Crippen LogP contribution is 2.30. The zero-order chi connectivity index (χ0) is 31.9. The van der Waals surface area contributed by atoms with Crippen molar-refractivity contribution < 1.29 is 42.3 Å². The number of imidazole rings is 1. The lowest BCUT2D eigenvalue weighted by Gasteiger charge is -2.27. The highest BCUT2D eigenvalue weighted by Gasteiger charge is 2.43. The standard InChI is InChI=1S/C30H36N4O9S/c1-2-3-4-5-9-24(33-18-27(31-19-33)32-23-8-6-7-10-26(23)44(40,41)42)29(37)34-17-22(16-25(34)30(38)39)43-21-13-11-20(12-14-21)15-28(35)36/h6-8,10-14,18-19,22,24-25,32H,2-5,9,15-17H2,1H3,(H,35,36)(H,38,39)(H,40,41,42)/t22-,24+,25-/m0/s1. The lowest BCUT2D eigenvalue weighted by Crippen LogP contribution is -2.44. The van der Waals surface area contributed by atoms with Crippen molar-refractivity contribution in [3.05, 3.63) is 66.6 Å². The minimum atomic E-state index is -4.50. The van der Waals surface area contributed by atoms with Crippen LogP contribution in [0.2, 0.25) is 0 Å². The van der Waals surface area contributed by atoms with E-state index in [2.05, 4.69) is 17.2 Å². The Morgan fingerprint density at radius 2 is 1.80 bits per heavy atom. The van der Waals surface area contributed by atoms with Crippen LogP contribution >= 0.6 is 0 Å². The third kappa shape index (κ3) is 8.35. The molecule has 0 unspecified atom stereocenters. The molecule has 0 saturated carbocycles. The Morgan fingerprint density at radius 1 is 1.07 bits per heavy atom. The number of benzene rings is 2. The molecule has 236 valence electrons. The molecule has 4 rings (SSSR count). The number of hydrogen-bond acceptors (Lipinski definition) is 8. The van der Waals surface area contributed by atoms with Gasteiger partial charge < -0.3 is 29.7 Å². The Hall–Kier alpha value is -4.43. The number of carboxylic acids is 2. The van der Waals surface area contributed by atoms with Crippen LogP contribution in [0, 0.1) is 0 Å². The molecule has 1 aliphatic heterocycles. The molecule has 2 heterocycles. The summed E-state index contributed by atoms with van der Waals surface area (Å²) in [6, 6.07) is 10.4. The van der Waals surface area contributed by atoms with Crippen LogP contribution < -0.4 is 10.1 Å². The van der Waals surface area contributed by atoms with Crippen molar-refractivity contribution in [2.45, 2.75) is 75.0 Å². The van der Waals surface area contributed by atoms with Gasteiger partial charge in [-0.3, -0.25) is 14.1 Å². The van der Waals surface area contributed by atoms with E-state index in [1.807, 2.05) is 0 Å². The molecular weight excluding hydrogens is 592 g/mol. The molecule has 1 saturated heterocycles. The molecule has 13 nitrogen and oxygen atoms in total. The van der Waals surface area contributed by atoms with Gasteiger partial charge in [0.05, 0.1) is 25.0 Å². The van der Waals surface area contributed by atoms with Gasteiger partial charge in [0.2, 0.25) is 5.91 Å². The Morgan fingerprint density at radius 3 is 2.45 bits per heavy atom. The zero-order valence-electron chi connectivity index (χ0n) is 24.2. The minimum Gasteiger partial charge on any atom is -0.488 e. The Balaban J connectivity index is 1.54. The van der Waals surface area contributed by atoms with Gasteiger partial charge in [0.1, 0.15) is 34.7 Å². The van der Waals surface area contributed by atoms with Crippen molar-refractivity contribution >= 4 is 39.5 Å². The van der Waals surface area contributed by atoms with Crippen molar-refractivity contribution in [3.63, 3.8) is 0 Å². The number of hydrogen-bond donors (Lipinski definition) is 4. The van der Waals surface area contributed by atoms with E-state index >= 15 is 0 Å². The lowest BCUT2D eigenvalue weighted by molar-refractivity contribution is -0.149. The monoisotopic (exact) mass is 628 g/mol. The molecule has 1 aromatic heterocycles. The summed E-state index contributed by atoms with van der Waals surface area (Å²) in [7, 11) is -4.50. The molecule has 1 fully saturated rings. The van der Waals surface area contributed by atoms with Gasteiger partial charge >= 0.3 is 11.9 Å². The largest absolute Gasteiger partial charge is 0.488 e. The summed E-state index contributed by atoms with van der Waals surface area (Å²) in [4.78, 5) is 42.5. The first-order valence-corrected chi connectivity index (χ1v) is 15.8. The molecule has 44 heavy (non-hydrogen) atoms. The van der Waals surface area contributed by atoms with E-state index in [0.29, 0.717) is 24.2 Å². The SMILES string of the molecule is CCCCCC[C@H](C(=O)N1C[C@@H](Oc2ccc(CC(=O)O)cc2)C[C@H]1C(=O)O)n1cnc(Nc2ccccc2S(=O)(=O)O)c1. The number of ether oxygens (including phenoxy) is 1. The van der Waals surface area contributed by atoms with E-state index in [4.69, 9.17) is 9.84 Å². The summed E-state index contributed by atoms with van der Waals surface area (Å²) in [5.74, 6) is -1.84. The van der Waals surface area contributed by atoms with Crippen LogP contribution in [0.15, 0.2) is 66.0 Å². The van der Waals surface area contributed by atoms with Crippen LogP contribution in [0.5, 0.6) is 5.75 Å². The highest BCUT2D eigenvalue weighted by atomic mass is 32.2. The lowest BCUT2D eigenvalue weighted by atomic mass is 10.1. The quantitative estimate of drug-likeness (QED) is 0.140. The molecule has 3 atom stereocenters. The van der Waals surface area contributed by atoms with Gasteiger partial charge in [-0.1, -0.05) is 56.9 Å². The molecule has 0 spiro atoms. The average Bonchev–Trinajstić information content (AvgIpc) is 3.61. The van der Waals surface area contributed by atoms with Crippen LogP contribution in [0.3, 0.4) is 0 Å². The maximum absolute atomic E-state index is 14.0. The van der Waals surface area contributed by atoms with Crippen molar-refractivity contribution in [2.24, 2.45) is 0 Å². The number of unbranched alkanes of at least 4 members (excludes halogenated alkanes) is 3. The summed E-state index contributed by atoms with van der Waals surface area (Å²) in [6.45, 7) is 2.11.